The van der Waals surface area contributed by atoms with Gasteiger partial charge in [0.15, 0.2) is 5.17 Å². The predicted molar refractivity (Wildman–Crippen MR) is 82.6 cm³/mol. The van der Waals surface area contributed by atoms with E-state index in [0.717, 1.165) is 12.1 Å². The first kappa shape index (κ1) is 16.1. The summed E-state index contributed by atoms with van der Waals surface area (Å²) in [6.45, 7) is -0.520. The van der Waals surface area contributed by atoms with Gasteiger partial charge in [0.25, 0.3) is 5.69 Å². The van der Waals surface area contributed by atoms with Crippen LogP contribution in [0.1, 0.15) is 12.0 Å². The number of ether oxygens (including phenoxy) is 1. The topological polar surface area (TPSA) is 90.8 Å². The van der Waals surface area contributed by atoms with Gasteiger partial charge in [0, 0.05) is 35.8 Å². The number of fused-ring (bicyclic) bond motifs is 1. The summed E-state index contributed by atoms with van der Waals surface area (Å²) < 4.78 is 33.0. The number of nitro benzene ring substituents is 1. The Morgan fingerprint density at radius 1 is 1.57 bits per heavy atom. The number of nitrogens with two attached hydrogens (primary N) is 1. The molecule has 0 spiro atoms. The number of halogens is 2. The third-order valence-corrected chi connectivity index (χ3v) is 5.24. The fourth-order valence-electron chi connectivity index (χ4n) is 3.15. The molecule has 9 heteroatoms. The van der Waals surface area contributed by atoms with Crippen LogP contribution < -0.4 is 5.73 Å². The van der Waals surface area contributed by atoms with Gasteiger partial charge >= 0.3 is 0 Å². The number of amidine groups is 1. The first-order valence-electron chi connectivity index (χ1n) is 7.06. The lowest BCUT2D eigenvalue weighted by Crippen LogP contribution is -2.50. The van der Waals surface area contributed by atoms with Crippen molar-refractivity contribution in [1.82, 2.24) is 0 Å². The van der Waals surface area contributed by atoms with Gasteiger partial charge in [0.05, 0.1) is 23.2 Å². The third kappa shape index (κ3) is 2.78. The lowest BCUT2D eigenvalue weighted by molar-refractivity contribution is -0.385. The summed E-state index contributed by atoms with van der Waals surface area (Å²) in [5.74, 6) is -0.293. The monoisotopic (exact) mass is 343 g/mol. The lowest BCUT2D eigenvalue weighted by Gasteiger charge is -2.46. The van der Waals surface area contributed by atoms with Crippen LogP contribution in [0, 0.1) is 21.8 Å². The van der Waals surface area contributed by atoms with E-state index in [2.05, 4.69) is 4.99 Å². The maximum Gasteiger partial charge on any atom is 0.270 e. The molecule has 2 aliphatic heterocycles. The average Bonchev–Trinajstić information content (AvgIpc) is 2.53. The molecule has 2 heterocycles. The summed E-state index contributed by atoms with van der Waals surface area (Å²) in [5.41, 5.74) is 4.55. The van der Waals surface area contributed by atoms with E-state index >= 15 is 0 Å². The van der Waals surface area contributed by atoms with Crippen LogP contribution in [0.3, 0.4) is 0 Å². The molecule has 3 rings (SSSR count). The van der Waals surface area contributed by atoms with E-state index in [0.29, 0.717) is 5.75 Å². The van der Waals surface area contributed by atoms with Gasteiger partial charge in [0.2, 0.25) is 0 Å². The minimum atomic E-state index is -1.12. The highest BCUT2D eigenvalue weighted by Gasteiger charge is 2.50. The van der Waals surface area contributed by atoms with Gasteiger partial charge in [-0.15, -0.1) is 0 Å². The number of nitrogens with zero attached hydrogens (tertiary/aromatic N) is 2. The molecule has 3 atom stereocenters. The third-order valence-electron chi connectivity index (χ3n) is 4.29. The molecule has 0 radical (unpaired) electrons. The Labute approximate surface area is 135 Å². The molecule has 0 aliphatic carbocycles. The molecule has 0 aromatic heterocycles. The quantitative estimate of drug-likeness (QED) is 0.672. The van der Waals surface area contributed by atoms with Gasteiger partial charge in [0.1, 0.15) is 12.5 Å². The summed E-state index contributed by atoms with van der Waals surface area (Å²) in [6.07, 6.45) is -0.627. The van der Waals surface area contributed by atoms with Crippen molar-refractivity contribution in [1.29, 1.82) is 0 Å². The van der Waals surface area contributed by atoms with Crippen LogP contribution in [-0.2, 0) is 10.3 Å². The van der Waals surface area contributed by atoms with Gasteiger partial charge in [-0.3, -0.25) is 15.1 Å². The van der Waals surface area contributed by atoms with Gasteiger partial charge in [-0.25, -0.2) is 8.78 Å². The molecule has 0 bridgehead atoms. The standard InChI is InChI=1S/C14H15F2N3O3S/c15-5-10-4-14(8(6-22-10)7-23-13(17)18-14)11-3-9(19(20)21)1-2-12(11)16/h1-3,8,10H,4-7H2,(H2,17,18)/t8?,10-,14+/m1/s1. The van der Waals surface area contributed by atoms with E-state index < -0.39 is 29.1 Å². The van der Waals surface area contributed by atoms with Crippen molar-refractivity contribution in [2.45, 2.75) is 18.1 Å². The predicted octanol–water partition coefficient (Wildman–Crippen LogP) is 2.37. The Morgan fingerprint density at radius 3 is 3.04 bits per heavy atom. The molecule has 1 fully saturated rings. The molecule has 23 heavy (non-hydrogen) atoms. The first-order valence-corrected chi connectivity index (χ1v) is 8.05. The van der Waals surface area contributed by atoms with Gasteiger partial charge in [-0.05, 0) is 6.07 Å². The second kappa shape index (κ2) is 6.04. The molecule has 0 amide bonds. The van der Waals surface area contributed by atoms with Crippen molar-refractivity contribution in [3.05, 3.63) is 39.7 Å². The van der Waals surface area contributed by atoms with E-state index in [1.807, 2.05) is 0 Å². The zero-order valence-corrected chi connectivity index (χ0v) is 12.9. The van der Waals surface area contributed by atoms with Crippen LogP contribution in [0.15, 0.2) is 23.2 Å². The summed E-state index contributed by atoms with van der Waals surface area (Å²) in [7, 11) is 0. The van der Waals surface area contributed by atoms with Gasteiger partial charge in [-0.1, -0.05) is 11.8 Å². The van der Waals surface area contributed by atoms with Crippen molar-refractivity contribution in [3.8, 4) is 0 Å². The second-order valence-corrected chi connectivity index (χ2v) is 6.66. The van der Waals surface area contributed by atoms with Gasteiger partial charge < -0.3 is 10.5 Å². The molecule has 6 nitrogen and oxygen atoms in total. The number of aliphatic imine (C=N–C) groups is 1. The van der Waals surface area contributed by atoms with Crippen LogP contribution in [0.4, 0.5) is 14.5 Å². The van der Waals surface area contributed by atoms with Crippen molar-refractivity contribution >= 4 is 22.6 Å². The normalized spacial score (nSPS) is 30.4. The summed E-state index contributed by atoms with van der Waals surface area (Å²) in [4.78, 5) is 14.8. The highest BCUT2D eigenvalue weighted by atomic mass is 32.2. The van der Waals surface area contributed by atoms with Crippen LogP contribution in [0.2, 0.25) is 0 Å². The van der Waals surface area contributed by atoms with Crippen molar-refractivity contribution in [2.24, 2.45) is 16.6 Å². The molecule has 2 aliphatic rings. The smallest absolute Gasteiger partial charge is 0.270 e. The second-order valence-electron chi connectivity index (χ2n) is 5.62. The van der Waals surface area contributed by atoms with Gasteiger partial charge in [-0.2, -0.15) is 0 Å². The average molecular weight is 343 g/mol. The fraction of sp³-hybridized carbons (Fsp3) is 0.500. The van der Waals surface area contributed by atoms with Crippen molar-refractivity contribution in [3.63, 3.8) is 0 Å². The van der Waals surface area contributed by atoms with Crippen LogP contribution in [-0.4, -0.2) is 35.2 Å². The molecule has 124 valence electrons. The molecule has 2 N–H and O–H groups in total. The Balaban J connectivity index is 2.16. The number of hydrogen-bond acceptors (Lipinski definition) is 6. The summed E-state index contributed by atoms with van der Waals surface area (Å²) in [6, 6.07) is 3.32. The largest absolute Gasteiger partial charge is 0.379 e. The number of thioether (sulfide) groups is 1. The number of hydrogen-bond donors (Lipinski definition) is 1. The van der Waals surface area contributed by atoms with Crippen molar-refractivity contribution < 1.29 is 18.4 Å². The Morgan fingerprint density at radius 2 is 2.35 bits per heavy atom. The molecular formula is C14H15F2N3O3S. The SMILES string of the molecule is NC1=N[C@@]2(c3cc([N+](=O)[O-])ccc3F)C[C@H](CF)OCC2CS1. The molecule has 1 aromatic rings. The van der Waals surface area contributed by atoms with E-state index in [1.165, 1.54) is 17.8 Å². The zero-order chi connectivity index (χ0) is 16.6. The Bertz CT molecular complexity index is 673. The maximum atomic E-state index is 14.5. The molecular weight excluding hydrogens is 328 g/mol. The Kier molecular flexibility index (Phi) is 4.24. The van der Waals surface area contributed by atoms with E-state index in [9.17, 15) is 18.9 Å². The number of alkyl halides is 1. The highest BCUT2D eigenvalue weighted by molar-refractivity contribution is 8.13. The van der Waals surface area contributed by atoms with Crippen LogP contribution in [0.5, 0.6) is 0 Å². The maximum absolute atomic E-state index is 14.5. The van der Waals surface area contributed by atoms with Crippen LogP contribution in [0.25, 0.3) is 0 Å². The Hall–Kier alpha value is -1.74. The molecule has 1 aromatic carbocycles. The van der Waals surface area contributed by atoms with Crippen molar-refractivity contribution in [2.75, 3.05) is 19.0 Å². The minimum Gasteiger partial charge on any atom is -0.379 e. The number of non-ortho nitro benzene ring substituents is 1. The molecule has 1 saturated heterocycles. The summed E-state index contributed by atoms with van der Waals surface area (Å²) in [5, 5.41) is 11.3. The summed E-state index contributed by atoms with van der Waals surface area (Å²) >= 11 is 1.32. The molecule has 1 unspecified atom stereocenters. The molecule has 0 saturated carbocycles. The van der Waals surface area contributed by atoms with E-state index in [-0.39, 0.29) is 35.4 Å². The van der Waals surface area contributed by atoms with E-state index in [1.54, 1.807) is 0 Å². The lowest BCUT2D eigenvalue weighted by atomic mass is 9.73. The fourth-order valence-corrected chi connectivity index (χ4v) is 4.12. The highest BCUT2D eigenvalue weighted by Crippen LogP contribution is 2.48. The number of nitro groups is 1. The number of rotatable bonds is 3. The zero-order valence-electron chi connectivity index (χ0n) is 12.1. The van der Waals surface area contributed by atoms with Crippen LogP contribution >= 0.6 is 11.8 Å². The van der Waals surface area contributed by atoms with E-state index in [4.69, 9.17) is 10.5 Å². The minimum absolute atomic E-state index is 0.0849. The first-order chi connectivity index (χ1) is 11.0. The number of benzene rings is 1.